The van der Waals surface area contributed by atoms with Crippen LogP contribution in [0.25, 0.3) is 6.08 Å². The predicted molar refractivity (Wildman–Crippen MR) is 107 cm³/mol. The number of benzene rings is 1. The maximum Gasteiger partial charge on any atom is 0.267 e. The summed E-state index contributed by atoms with van der Waals surface area (Å²) >= 11 is 0. The molecular formula is C18H23N5O4S. The topological polar surface area (TPSA) is 108 Å². The number of carbonyl (C=O) groups excluding carboxylic acids is 1. The summed E-state index contributed by atoms with van der Waals surface area (Å²) in [5.41, 5.74) is 3.38. The van der Waals surface area contributed by atoms with Gasteiger partial charge < -0.3 is 9.47 Å². The fourth-order valence-electron chi connectivity index (χ4n) is 3.39. The van der Waals surface area contributed by atoms with Gasteiger partial charge in [-0.2, -0.15) is 0 Å². The van der Waals surface area contributed by atoms with E-state index in [1.165, 1.54) is 10.4 Å². The van der Waals surface area contributed by atoms with Crippen LogP contribution >= 0.6 is 0 Å². The first-order chi connectivity index (χ1) is 13.5. The van der Waals surface area contributed by atoms with Crippen LogP contribution in [-0.4, -0.2) is 48.2 Å². The molecule has 0 bridgehead atoms. The van der Waals surface area contributed by atoms with E-state index in [4.69, 9.17) is 5.21 Å². The summed E-state index contributed by atoms with van der Waals surface area (Å²) in [5, 5.41) is 8.63. The van der Waals surface area contributed by atoms with Gasteiger partial charge in [-0.05, 0) is 30.5 Å². The molecule has 0 unspecified atom stereocenters. The minimum Gasteiger partial charge on any atom is -0.371 e. The summed E-state index contributed by atoms with van der Waals surface area (Å²) in [4.78, 5) is 17.6. The number of hydrogen-bond acceptors (Lipinski definition) is 6. The van der Waals surface area contributed by atoms with Crippen LogP contribution in [-0.2, 0) is 22.7 Å². The van der Waals surface area contributed by atoms with Crippen LogP contribution in [0.5, 0.6) is 0 Å². The van der Waals surface area contributed by atoms with E-state index in [9.17, 15) is 13.2 Å². The minimum atomic E-state index is -2.78. The quantitative estimate of drug-likeness (QED) is 0.286. The zero-order valence-electron chi connectivity index (χ0n) is 15.4. The molecule has 1 saturated heterocycles. The highest BCUT2D eigenvalue weighted by atomic mass is 32.2. The molecule has 2 aromatic rings. The van der Waals surface area contributed by atoms with E-state index in [-0.39, 0.29) is 6.04 Å². The van der Waals surface area contributed by atoms with Crippen molar-refractivity contribution >= 4 is 34.4 Å². The molecule has 1 fully saturated rings. The summed E-state index contributed by atoms with van der Waals surface area (Å²) in [6.07, 6.45) is 7.51. The molecule has 3 rings (SSSR count). The number of nitrogens with zero attached hydrogens (tertiary/aromatic N) is 4. The number of imidazole rings is 1. The Morgan fingerprint density at radius 2 is 2.04 bits per heavy atom. The number of carbonyl (C=O) groups is 1. The Bertz CT molecular complexity index is 924. The number of amides is 1. The molecule has 0 radical (unpaired) electrons. The van der Waals surface area contributed by atoms with Crippen molar-refractivity contribution in [1.82, 2.24) is 15.0 Å². The molecule has 2 heterocycles. The lowest BCUT2D eigenvalue weighted by atomic mass is 10.0. The van der Waals surface area contributed by atoms with E-state index in [0.29, 0.717) is 31.7 Å². The number of aromatic nitrogens is 2. The van der Waals surface area contributed by atoms with Gasteiger partial charge in [-0.25, -0.2) is 18.9 Å². The first-order valence-corrected chi connectivity index (χ1v) is 10.00. The fraction of sp³-hybridized carbons (Fsp3) is 0.333. The van der Waals surface area contributed by atoms with Crippen LogP contribution in [0.4, 0.5) is 11.5 Å². The molecule has 1 aliphatic rings. The van der Waals surface area contributed by atoms with Crippen LogP contribution < -0.4 is 14.7 Å². The molecule has 28 heavy (non-hydrogen) atoms. The molecule has 0 atom stereocenters. The maximum atomic E-state index is 11.8. The lowest BCUT2D eigenvalue weighted by molar-refractivity contribution is -0.124. The molecule has 0 aliphatic carbocycles. The van der Waals surface area contributed by atoms with Crippen molar-refractivity contribution in [2.45, 2.75) is 18.9 Å². The minimum absolute atomic E-state index is 0.143. The Morgan fingerprint density at radius 1 is 1.32 bits per heavy atom. The molecule has 1 aliphatic heterocycles. The molecule has 150 valence electrons. The highest BCUT2D eigenvalue weighted by Crippen LogP contribution is 2.28. The van der Waals surface area contributed by atoms with Crippen LogP contribution in [0.3, 0.4) is 0 Å². The number of nitrogens with one attached hydrogen (secondary N) is 1. The number of anilines is 2. The lowest BCUT2D eigenvalue weighted by Gasteiger charge is -2.37. The molecule has 1 aromatic carbocycles. The van der Waals surface area contributed by atoms with Crippen molar-refractivity contribution in [3.05, 3.63) is 48.4 Å². The monoisotopic (exact) mass is 405 g/mol. The maximum absolute atomic E-state index is 11.8. The normalized spacial score (nSPS) is 15.3. The Kier molecular flexibility index (Phi) is 6.32. The van der Waals surface area contributed by atoms with Crippen molar-refractivity contribution in [2.24, 2.45) is 7.05 Å². The van der Waals surface area contributed by atoms with Crippen LogP contribution in [0, 0.1) is 0 Å². The zero-order chi connectivity index (χ0) is 20.1. The first-order valence-electron chi connectivity index (χ1n) is 8.87. The average molecular weight is 405 g/mol. The van der Waals surface area contributed by atoms with Gasteiger partial charge in [0.05, 0.1) is 6.33 Å². The summed E-state index contributed by atoms with van der Waals surface area (Å²) in [6, 6.07) is 7.49. The van der Waals surface area contributed by atoms with Gasteiger partial charge in [-0.1, -0.05) is 18.2 Å². The van der Waals surface area contributed by atoms with E-state index in [2.05, 4.69) is 9.88 Å². The third-order valence-electron chi connectivity index (χ3n) is 4.71. The summed E-state index contributed by atoms with van der Waals surface area (Å²) in [7, 11) is -0.978. The molecule has 9 nitrogen and oxygen atoms in total. The first kappa shape index (κ1) is 19.9. The summed E-state index contributed by atoms with van der Waals surface area (Å²) in [5.74, 6) is -0.158. The average Bonchev–Trinajstić information content (AvgIpc) is 3.12. The Hall–Kier alpha value is -2.85. The standard InChI is InChI=1S/C18H23N5O4S/c1-21-12-17(19-13-21)23(28(26)27)15-8-10-22(11-9-15)16-5-3-2-4-14(16)6-7-18(24)20-25/h2-7,12-13,15,25,28H,8-11H2,1H3,(H,20,24)/b7-6+. The van der Waals surface area contributed by atoms with Crippen molar-refractivity contribution in [2.75, 3.05) is 22.3 Å². The van der Waals surface area contributed by atoms with E-state index < -0.39 is 16.8 Å². The van der Waals surface area contributed by atoms with Gasteiger partial charge in [0, 0.05) is 44.1 Å². The van der Waals surface area contributed by atoms with E-state index in [1.807, 2.05) is 24.3 Å². The third-order valence-corrected chi connectivity index (χ3v) is 5.60. The third kappa shape index (κ3) is 4.52. The Labute approximate surface area is 164 Å². The van der Waals surface area contributed by atoms with E-state index in [1.54, 1.807) is 35.7 Å². The van der Waals surface area contributed by atoms with Crippen molar-refractivity contribution in [3.63, 3.8) is 0 Å². The molecule has 0 saturated carbocycles. The van der Waals surface area contributed by atoms with Gasteiger partial charge in [-0.15, -0.1) is 0 Å². The van der Waals surface area contributed by atoms with E-state index in [0.717, 1.165) is 11.3 Å². The largest absolute Gasteiger partial charge is 0.371 e. The number of para-hydroxylation sites is 1. The van der Waals surface area contributed by atoms with E-state index >= 15 is 0 Å². The van der Waals surface area contributed by atoms with Crippen molar-refractivity contribution in [1.29, 1.82) is 0 Å². The number of piperidine rings is 1. The molecule has 1 amide bonds. The second-order valence-corrected chi connectivity index (χ2v) is 7.47. The van der Waals surface area contributed by atoms with Gasteiger partial charge in [-0.3, -0.25) is 14.3 Å². The second kappa shape index (κ2) is 8.89. The van der Waals surface area contributed by atoms with Gasteiger partial charge in [0.1, 0.15) is 0 Å². The predicted octanol–water partition coefficient (Wildman–Crippen LogP) is 0.940. The Balaban J connectivity index is 1.73. The van der Waals surface area contributed by atoms with Gasteiger partial charge >= 0.3 is 0 Å². The fourth-order valence-corrected chi connectivity index (χ4v) is 4.16. The molecule has 1 aromatic heterocycles. The number of hydrogen-bond donors (Lipinski definition) is 3. The summed E-state index contributed by atoms with van der Waals surface area (Å²) < 4.78 is 26.8. The molecular weight excluding hydrogens is 382 g/mol. The number of thiol groups is 1. The highest BCUT2D eigenvalue weighted by molar-refractivity contribution is 7.74. The van der Waals surface area contributed by atoms with Crippen LogP contribution in [0.15, 0.2) is 42.9 Å². The van der Waals surface area contributed by atoms with Gasteiger partial charge in [0.25, 0.3) is 5.91 Å². The lowest BCUT2D eigenvalue weighted by Crippen LogP contribution is -2.45. The molecule has 0 spiro atoms. The smallest absolute Gasteiger partial charge is 0.267 e. The number of rotatable bonds is 6. The van der Waals surface area contributed by atoms with Gasteiger partial charge in [0.15, 0.2) is 5.82 Å². The molecule has 10 heteroatoms. The zero-order valence-corrected chi connectivity index (χ0v) is 16.3. The van der Waals surface area contributed by atoms with Crippen molar-refractivity contribution in [3.8, 4) is 0 Å². The number of aryl methyl sites for hydroxylation is 1. The van der Waals surface area contributed by atoms with Crippen LogP contribution in [0.2, 0.25) is 0 Å². The van der Waals surface area contributed by atoms with Gasteiger partial charge in [0.2, 0.25) is 10.9 Å². The van der Waals surface area contributed by atoms with Crippen molar-refractivity contribution < 1.29 is 18.4 Å². The number of hydroxylamine groups is 1. The second-order valence-electron chi connectivity index (χ2n) is 6.57. The van der Waals surface area contributed by atoms with Crippen LogP contribution in [0.1, 0.15) is 18.4 Å². The summed E-state index contributed by atoms with van der Waals surface area (Å²) in [6.45, 7) is 1.35. The Morgan fingerprint density at radius 3 is 2.64 bits per heavy atom. The SMILES string of the molecule is Cn1cnc(N(C2CCN(c3ccccc3/C=C/C(=O)NO)CC2)[SH](=O)=O)c1. The highest BCUT2D eigenvalue weighted by Gasteiger charge is 2.28. The molecule has 2 N–H and O–H groups in total.